The van der Waals surface area contributed by atoms with E-state index < -0.39 is 0 Å². The van der Waals surface area contributed by atoms with Crippen molar-refractivity contribution in [3.8, 4) is 11.3 Å². The molecular weight excluding hydrogens is 138 g/mol. The van der Waals surface area contributed by atoms with Crippen LogP contribution in [0.3, 0.4) is 0 Å². The zero-order valence-corrected chi connectivity index (χ0v) is 5.87. The lowest BCUT2D eigenvalue weighted by Gasteiger charge is -1.84. The van der Waals surface area contributed by atoms with Gasteiger partial charge in [0.25, 0.3) is 0 Å². The summed E-state index contributed by atoms with van der Waals surface area (Å²) < 4.78 is 0. The third kappa shape index (κ3) is 1.03. The SMILES string of the molecule is O=c1cc2cccccc-2[nH]1. The Kier molecular flexibility index (Phi) is 1.25. The highest BCUT2D eigenvalue weighted by Crippen LogP contribution is 2.13. The second-order valence-electron chi connectivity index (χ2n) is 2.41. The maximum atomic E-state index is 10.8. The average Bonchev–Trinajstić information content (AvgIpc) is 2.17. The zero-order valence-electron chi connectivity index (χ0n) is 5.87. The molecule has 2 heteroatoms. The Balaban J connectivity index is 2.83. The molecule has 0 amide bonds. The van der Waals surface area contributed by atoms with Crippen molar-refractivity contribution < 1.29 is 0 Å². The van der Waals surface area contributed by atoms with E-state index in [0.717, 1.165) is 11.3 Å². The summed E-state index contributed by atoms with van der Waals surface area (Å²) in [6, 6.07) is 11.1. The minimum Gasteiger partial charge on any atom is -0.322 e. The lowest BCUT2D eigenvalue weighted by atomic mass is 10.2. The molecule has 54 valence electrons. The predicted molar refractivity (Wildman–Crippen MR) is 43.7 cm³/mol. The summed E-state index contributed by atoms with van der Waals surface area (Å²) in [6.07, 6.45) is 0. The van der Waals surface area contributed by atoms with Gasteiger partial charge in [0.15, 0.2) is 0 Å². The molecule has 2 rings (SSSR count). The third-order valence-corrected chi connectivity index (χ3v) is 1.62. The van der Waals surface area contributed by atoms with Crippen LogP contribution in [0.1, 0.15) is 0 Å². The molecule has 0 bridgehead atoms. The first-order valence-corrected chi connectivity index (χ1v) is 3.44. The third-order valence-electron chi connectivity index (χ3n) is 1.62. The largest absolute Gasteiger partial charge is 0.322 e. The number of nitrogens with one attached hydrogen (secondary N) is 1. The summed E-state index contributed by atoms with van der Waals surface area (Å²) in [5.41, 5.74) is 1.81. The standard InChI is InChI=1S/C9H7NO/c11-9-6-7-4-2-1-3-5-8(7)10-9/h1-6H,(H,10,11). The van der Waals surface area contributed by atoms with Gasteiger partial charge in [-0.05, 0) is 6.07 Å². The van der Waals surface area contributed by atoms with Crippen molar-refractivity contribution in [1.82, 2.24) is 4.98 Å². The summed E-state index contributed by atoms with van der Waals surface area (Å²) in [6.45, 7) is 0. The molecule has 1 heterocycles. The summed E-state index contributed by atoms with van der Waals surface area (Å²) in [5, 5.41) is 0. The fourth-order valence-electron chi connectivity index (χ4n) is 1.11. The lowest BCUT2D eigenvalue weighted by Crippen LogP contribution is -1.92. The smallest absolute Gasteiger partial charge is 0.249 e. The van der Waals surface area contributed by atoms with Gasteiger partial charge in [-0.2, -0.15) is 0 Å². The van der Waals surface area contributed by atoms with Crippen molar-refractivity contribution in [1.29, 1.82) is 0 Å². The topological polar surface area (TPSA) is 32.9 Å². The summed E-state index contributed by atoms with van der Waals surface area (Å²) >= 11 is 0. The molecule has 0 radical (unpaired) electrons. The van der Waals surface area contributed by atoms with Crippen LogP contribution in [0.15, 0.2) is 41.2 Å². The van der Waals surface area contributed by atoms with E-state index in [0.29, 0.717) is 0 Å². The monoisotopic (exact) mass is 145 g/mol. The molecule has 0 spiro atoms. The van der Waals surface area contributed by atoms with Crippen LogP contribution in [0.25, 0.3) is 11.3 Å². The second kappa shape index (κ2) is 2.23. The Labute approximate surface area is 63.8 Å². The molecule has 0 aromatic rings. The Morgan fingerprint density at radius 3 is 2.82 bits per heavy atom. The van der Waals surface area contributed by atoms with Gasteiger partial charge in [-0.1, -0.05) is 24.3 Å². The van der Waals surface area contributed by atoms with Crippen LogP contribution >= 0.6 is 0 Å². The Morgan fingerprint density at radius 2 is 1.91 bits per heavy atom. The maximum Gasteiger partial charge on any atom is 0.249 e. The first kappa shape index (κ1) is 6.16. The quantitative estimate of drug-likeness (QED) is 0.598. The van der Waals surface area contributed by atoms with E-state index in [4.69, 9.17) is 0 Å². The van der Waals surface area contributed by atoms with E-state index >= 15 is 0 Å². The summed E-state index contributed by atoms with van der Waals surface area (Å²) in [4.78, 5) is 13.6. The van der Waals surface area contributed by atoms with Crippen LogP contribution in [0.2, 0.25) is 0 Å². The zero-order chi connectivity index (χ0) is 7.68. The molecule has 0 aromatic carbocycles. The number of hydrogen-bond acceptors (Lipinski definition) is 1. The first-order chi connectivity index (χ1) is 5.36. The number of H-pyrrole nitrogens is 1. The fourth-order valence-corrected chi connectivity index (χ4v) is 1.11. The van der Waals surface area contributed by atoms with Crippen LogP contribution in [0, 0.1) is 0 Å². The fraction of sp³-hybridized carbons (Fsp3) is 0. The van der Waals surface area contributed by atoms with Crippen LogP contribution in [-0.2, 0) is 0 Å². The lowest BCUT2D eigenvalue weighted by molar-refractivity contribution is 1.33. The number of aromatic amines is 1. The normalized spacial score (nSPS) is 10.2. The average molecular weight is 145 g/mol. The number of hydrogen-bond donors (Lipinski definition) is 1. The minimum absolute atomic E-state index is 0.0359. The molecule has 0 fully saturated rings. The Morgan fingerprint density at radius 1 is 1.09 bits per heavy atom. The Bertz CT molecular complexity index is 357. The van der Waals surface area contributed by atoms with Crippen molar-refractivity contribution in [2.45, 2.75) is 0 Å². The van der Waals surface area contributed by atoms with Crippen LogP contribution in [0.5, 0.6) is 0 Å². The van der Waals surface area contributed by atoms with E-state index in [2.05, 4.69) is 4.98 Å². The molecule has 1 aliphatic heterocycles. The van der Waals surface area contributed by atoms with E-state index in [-0.39, 0.29) is 5.56 Å². The molecule has 0 aromatic heterocycles. The van der Waals surface area contributed by atoms with Crippen molar-refractivity contribution in [2.75, 3.05) is 0 Å². The van der Waals surface area contributed by atoms with Crippen molar-refractivity contribution >= 4 is 0 Å². The van der Waals surface area contributed by atoms with Gasteiger partial charge in [0.05, 0.1) is 0 Å². The van der Waals surface area contributed by atoms with Gasteiger partial charge in [-0.25, -0.2) is 0 Å². The molecule has 0 saturated carbocycles. The predicted octanol–water partition coefficient (Wildman–Crippen LogP) is 1.48. The van der Waals surface area contributed by atoms with Crippen molar-refractivity contribution in [2.24, 2.45) is 0 Å². The van der Waals surface area contributed by atoms with Gasteiger partial charge in [0.2, 0.25) is 5.56 Å². The molecular formula is C9H7NO. The van der Waals surface area contributed by atoms with Gasteiger partial charge >= 0.3 is 0 Å². The number of fused-ring (bicyclic) bond motifs is 1. The summed E-state index contributed by atoms with van der Waals surface area (Å²) in [5.74, 6) is 0. The van der Waals surface area contributed by atoms with E-state index in [1.165, 1.54) is 0 Å². The molecule has 11 heavy (non-hydrogen) atoms. The van der Waals surface area contributed by atoms with Crippen molar-refractivity contribution in [3.05, 3.63) is 46.8 Å². The molecule has 0 saturated heterocycles. The first-order valence-electron chi connectivity index (χ1n) is 3.44. The maximum absolute atomic E-state index is 10.8. The van der Waals surface area contributed by atoms with E-state index in [1.54, 1.807) is 6.07 Å². The molecule has 2 aliphatic rings. The van der Waals surface area contributed by atoms with Crippen molar-refractivity contribution in [3.63, 3.8) is 0 Å². The van der Waals surface area contributed by atoms with E-state index in [9.17, 15) is 4.79 Å². The van der Waals surface area contributed by atoms with Gasteiger partial charge < -0.3 is 4.98 Å². The molecule has 1 aliphatic carbocycles. The van der Waals surface area contributed by atoms with Crippen LogP contribution in [0.4, 0.5) is 0 Å². The molecule has 0 unspecified atom stereocenters. The highest BCUT2D eigenvalue weighted by atomic mass is 16.1. The molecule has 1 N–H and O–H groups in total. The van der Waals surface area contributed by atoms with Crippen LogP contribution < -0.4 is 5.56 Å². The number of aromatic nitrogens is 1. The minimum atomic E-state index is -0.0359. The second-order valence-corrected chi connectivity index (χ2v) is 2.41. The van der Waals surface area contributed by atoms with E-state index in [1.807, 2.05) is 30.3 Å². The highest BCUT2D eigenvalue weighted by molar-refractivity contribution is 5.59. The molecule has 2 nitrogen and oxygen atoms in total. The van der Waals surface area contributed by atoms with Gasteiger partial charge in [-0.15, -0.1) is 0 Å². The Hall–Kier alpha value is -1.57. The number of rotatable bonds is 0. The van der Waals surface area contributed by atoms with Gasteiger partial charge in [0, 0.05) is 17.3 Å². The van der Waals surface area contributed by atoms with Crippen LogP contribution in [-0.4, -0.2) is 4.98 Å². The van der Waals surface area contributed by atoms with Gasteiger partial charge in [0.1, 0.15) is 0 Å². The van der Waals surface area contributed by atoms with Gasteiger partial charge in [-0.3, -0.25) is 4.79 Å². The highest BCUT2D eigenvalue weighted by Gasteiger charge is 1.99. The molecule has 0 atom stereocenters. The summed E-state index contributed by atoms with van der Waals surface area (Å²) in [7, 11) is 0.